The Morgan fingerprint density at radius 2 is 2.44 bits per heavy atom. The summed E-state index contributed by atoms with van der Waals surface area (Å²) in [7, 11) is 0. The summed E-state index contributed by atoms with van der Waals surface area (Å²) in [5.41, 5.74) is 2.57. The summed E-state index contributed by atoms with van der Waals surface area (Å²) < 4.78 is 5.16. The minimum atomic E-state index is -0.610. The smallest absolute Gasteiger partial charge is 0.322 e. The molecule has 1 N–H and O–H groups in total. The Bertz CT molecular complexity index is 554. The summed E-state index contributed by atoms with van der Waals surface area (Å²) in [6, 6.07) is 7.16. The third-order valence-corrected chi connectivity index (χ3v) is 2.20. The molecule has 80 valence electrons. The predicted molar refractivity (Wildman–Crippen MR) is 56.3 cm³/mol. The van der Waals surface area contributed by atoms with Gasteiger partial charge in [-0.05, 0) is 24.1 Å². The van der Waals surface area contributed by atoms with E-state index >= 15 is 0 Å². The first-order valence-corrected chi connectivity index (χ1v) is 4.79. The van der Waals surface area contributed by atoms with Crippen molar-refractivity contribution in [2.45, 2.75) is 6.42 Å². The number of benzene rings is 1. The van der Waals surface area contributed by atoms with Gasteiger partial charge in [0.15, 0.2) is 18.0 Å². The van der Waals surface area contributed by atoms with Crippen molar-refractivity contribution in [1.82, 2.24) is 10.3 Å². The number of nitrogens with one attached hydrogen (secondary N) is 1. The van der Waals surface area contributed by atoms with Crippen molar-refractivity contribution in [1.29, 1.82) is 5.26 Å². The van der Waals surface area contributed by atoms with Crippen molar-refractivity contribution >= 4 is 17.0 Å². The first-order valence-electron chi connectivity index (χ1n) is 4.79. The number of hydrogen-bond donors (Lipinski definition) is 1. The quantitative estimate of drug-likeness (QED) is 0.775. The second-order valence-corrected chi connectivity index (χ2v) is 3.27. The monoisotopic (exact) mass is 215 g/mol. The van der Waals surface area contributed by atoms with Gasteiger partial charge in [-0.2, -0.15) is 5.26 Å². The van der Waals surface area contributed by atoms with Gasteiger partial charge in [-0.3, -0.25) is 4.79 Å². The van der Waals surface area contributed by atoms with Crippen LogP contribution in [0.15, 0.2) is 29.0 Å². The van der Waals surface area contributed by atoms with E-state index in [4.69, 9.17) is 9.68 Å². The first-order chi connectivity index (χ1) is 7.79. The van der Waals surface area contributed by atoms with Crippen LogP contribution < -0.4 is 5.32 Å². The summed E-state index contributed by atoms with van der Waals surface area (Å²) in [6.45, 7) is 0.437. The van der Waals surface area contributed by atoms with Gasteiger partial charge < -0.3 is 9.73 Å². The topological polar surface area (TPSA) is 78.9 Å². The number of amides is 1. The van der Waals surface area contributed by atoms with Gasteiger partial charge in [-0.1, -0.05) is 6.07 Å². The molecule has 0 unspecified atom stereocenters. The molecule has 0 saturated heterocycles. The van der Waals surface area contributed by atoms with E-state index in [0.717, 1.165) is 16.7 Å². The predicted octanol–water partition coefficient (Wildman–Crippen LogP) is 1.01. The van der Waals surface area contributed by atoms with Gasteiger partial charge in [-0.15, -0.1) is 0 Å². The average molecular weight is 215 g/mol. The van der Waals surface area contributed by atoms with E-state index < -0.39 is 5.91 Å². The number of hydrogen-bond acceptors (Lipinski definition) is 4. The van der Waals surface area contributed by atoms with Crippen molar-refractivity contribution < 1.29 is 9.21 Å². The molecule has 1 heterocycles. The van der Waals surface area contributed by atoms with Crippen LogP contribution in [-0.2, 0) is 11.2 Å². The molecule has 0 bridgehead atoms. The second-order valence-electron chi connectivity index (χ2n) is 3.27. The maximum Gasteiger partial charge on any atom is 0.322 e. The van der Waals surface area contributed by atoms with Gasteiger partial charge in [0.1, 0.15) is 5.52 Å². The highest BCUT2D eigenvalue weighted by Gasteiger charge is 2.01. The maximum atomic E-state index is 10.7. The molecule has 0 radical (unpaired) electrons. The highest BCUT2D eigenvalue weighted by Crippen LogP contribution is 2.14. The fourth-order valence-corrected chi connectivity index (χ4v) is 1.41. The number of fused-ring (bicyclic) bond motifs is 1. The molecule has 0 aliphatic carbocycles. The van der Waals surface area contributed by atoms with Crippen molar-refractivity contribution in [2.24, 2.45) is 0 Å². The molecule has 1 aromatic carbocycles. The standard InChI is InChI=1S/C11H9N3O2/c12-6-11(15)13-4-3-8-1-2-9-10(5-8)16-7-14-9/h1-2,5,7H,3-4H2,(H,13,15). The van der Waals surface area contributed by atoms with Gasteiger partial charge in [0.05, 0.1) is 0 Å². The van der Waals surface area contributed by atoms with Crippen LogP contribution in [0.5, 0.6) is 0 Å². The zero-order valence-electron chi connectivity index (χ0n) is 8.43. The number of nitriles is 1. The molecule has 1 amide bonds. The Morgan fingerprint density at radius 3 is 3.25 bits per heavy atom. The molecule has 0 saturated carbocycles. The van der Waals surface area contributed by atoms with Crippen molar-refractivity contribution in [3.8, 4) is 6.07 Å². The number of rotatable bonds is 3. The van der Waals surface area contributed by atoms with Crippen molar-refractivity contribution in [2.75, 3.05) is 6.54 Å². The van der Waals surface area contributed by atoms with Crippen LogP contribution in [0, 0.1) is 11.3 Å². The molecule has 0 atom stereocenters. The van der Waals surface area contributed by atoms with E-state index in [-0.39, 0.29) is 0 Å². The molecule has 5 nitrogen and oxygen atoms in total. The number of carbonyl (C=O) groups is 1. The summed E-state index contributed by atoms with van der Waals surface area (Å²) in [5.74, 6) is -0.610. The van der Waals surface area contributed by atoms with Crippen LogP contribution >= 0.6 is 0 Å². The lowest BCUT2D eigenvalue weighted by Gasteiger charge is -2.00. The third-order valence-electron chi connectivity index (χ3n) is 2.20. The Hall–Kier alpha value is -2.35. The molecule has 0 spiro atoms. The van der Waals surface area contributed by atoms with E-state index in [1.54, 1.807) is 0 Å². The zero-order valence-corrected chi connectivity index (χ0v) is 8.43. The van der Waals surface area contributed by atoms with Crippen LogP contribution in [-0.4, -0.2) is 17.4 Å². The molecule has 2 aromatic rings. The first kappa shape index (κ1) is 10.2. The molecular weight excluding hydrogens is 206 g/mol. The summed E-state index contributed by atoms with van der Waals surface area (Å²) >= 11 is 0. The summed E-state index contributed by atoms with van der Waals surface area (Å²) in [4.78, 5) is 14.7. The van der Waals surface area contributed by atoms with Crippen LogP contribution in [0.3, 0.4) is 0 Å². The molecule has 2 rings (SSSR count). The highest BCUT2D eigenvalue weighted by molar-refractivity contribution is 5.91. The zero-order chi connectivity index (χ0) is 11.4. The number of aromatic nitrogens is 1. The average Bonchev–Trinajstić information content (AvgIpc) is 2.76. The van der Waals surface area contributed by atoms with Gasteiger partial charge in [0.25, 0.3) is 0 Å². The van der Waals surface area contributed by atoms with Gasteiger partial charge in [0.2, 0.25) is 0 Å². The van der Waals surface area contributed by atoms with Crippen LogP contribution in [0.2, 0.25) is 0 Å². The van der Waals surface area contributed by atoms with E-state index in [1.807, 2.05) is 18.2 Å². The highest BCUT2D eigenvalue weighted by atomic mass is 16.3. The lowest BCUT2D eigenvalue weighted by Crippen LogP contribution is -2.23. The van der Waals surface area contributed by atoms with Crippen molar-refractivity contribution in [3.05, 3.63) is 30.2 Å². The molecule has 0 aliphatic heterocycles. The van der Waals surface area contributed by atoms with Crippen molar-refractivity contribution in [3.63, 3.8) is 0 Å². The Labute approximate surface area is 91.7 Å². The van der Waals surface area contributed by atoms with E-state index in [0.29, 0.717) is 13.0 Å². The van der Waals surface area contributed by atoms with E-state index in [1.165, 1.54) is 12.5 Å². The number of nitrogens with zero attached hydrogens (tertiary/aromatic N) is 2. The molecule has 0 fully saturated rings. The van der Waals surface area contributed by atoms with Crippen LogP contribution in [0.1, 0.15) is 5.56 Å². The third kappa shape index (κ3) is 2.17. The molecular formula is C11H9N3O2. The molecule has 0 aliphatic rings. The van der Waals surface area contributed by atoms with Gasteiger partial charge in [-0.25, -0.2) is 4.98 Å². The Kier molecular flexibility index (Phi) is 2.83. The Morgan fingerprint density at radius 1 is 1.56 bits per heavy atom. The number of carbonyl (C=O) groups excluding carboxylic acids is 1. The normalized spacial score (nSPS) is 9.94. The largest absolute Gasteiger partial charge is 0.443 e. The van der Waals surface area contributed by atoms with E-state index in [2.05, 4.69) is 10.3 Å². The number of oxazole rings is 1. The van der Waals surface area contributed by atoms with Gasteiger partial charge >= 0.3 is 5.91 Å². The second kappa shape index (κ2) is 4.45. The summed E-state index contributed by atoms with van der Waals surface area (Å²) in [6.07, 6.45) is 2.05. The molecule has 5 heteroatoms. The maximum absolute atomic E-state index is 10.7. The molecule has 1 aromatic heterocycles. The minimum absolute atomic E-state index is 0.437. The summed E-state index contributed by atoms with van der Waals surface area (Å²) in [5, 5.41) is 10.7. The lowest BCUT2D eigenvalue weighted by molar-refractivity contribution is -0.115. The minimum Gasteiger partial charge on any atom is -0.443 e. The Balaban J connectivity index is 1.99. The fraction of sp³-hybridized carbons (Fsp3) is 0.182. The molecule has 16 heavy (non-hydrogen) atoms. The lowest BCUT2D eigenvalue weighted by atomic mass is 10.1. The van der Waals surface area contributed by atoms with Gasteiger partial charge in [0, 0.05) is 6.54 Å². The fourth-order valence-electron chi connectivity index (χ4n) is 1.41. The SMILES string of the molecule is N#CC(=O)NCCc1ccc2ncoc2c1. The van der Waals surface area contributed by atoms with Crippen LogP contribution in [0.25, 0.3) is 11.1 Å². The van der Waals surface area contributed by atoms with Crippen LogP contribution in [0.4, 0.5) is 0 Å². The van der Waals surface area contributed by atoms with E-state index in [9.17, 15) is 4.79 Å².